The summed E-state index contributed by atoms with van der Waals surface area (Å²) in [6.07, 6.45) is 2.38. The number of aliphatic hydroxyl groups is 1. The minimum absolute atomic E-state index is 0.137. The molecule has 0 spiro atoms. The number of phenols is 1. The van der Waals surface area contributed by atoms with Gasteiger partial charge in [-0.05, 0) is 53.1 Å². The summed E-state index contributed by atoms with van der Waals surface area (Å²) in [7, 11) is 0. The fraction of sp³-hybridized carbons (Fsp3) is 0.294. The largest absolute Gasteiger partial charge is 0.508 e. The smallest absolute Gasteiger partial charge is 0.121 e. The molecule has 0 saturated carbocycles. The molecular weight excluding hydrogens is 236 g/mol. The molecule has 0 saturated heterocycles. The number of benzene rings is 2. The van der Waals surface area contributed by atoms with Crippen LogP contribution in [0.5, 0.6) is 5.75 Å². The molecule has 2 heteroatoms. The fourth-order valence-corrected chi connectivity index (χ4v) is 2.90. The Morgan fingerprint density at radius 3 is 2.63 bits per heavy atom. The van der Waals surface area contributed by atoms with Crippen LogP contribution in [0.1, 0.15) is 36.0 Å². The summed E-state index contributed by atoms with van der Waals surface area (Å²) >= 11 is 0. The van der Waals surface area contributed by atoms with Gasteiger partial charge in [0.25, 0.3) is 0 Å². The molecule has 1 aliphatic carbocycles. The summed E-state index contributed by atoms with van der Waals surface area (Å²) in [6, 6.07) is 12.0. The van der Waals surface area contributed by atoms with Gasteiger partial charge in [-0.25, -0.2) is 0 Å². The van der Waals surface area contributed by atoms with Gasteiger partial charge in [-0.2, -0.15) is 0 Å². The van der Waals surface area contributed by atoms with Gasteiger partial charge in [-0.15, -0.1) is 0 Å². The lowest BCUT2D eigenvalue weighted by Crippen LogP contribution is -1.89. The molecule has 0 fully saturated rings. The molecule has 98 valence electrons. The third-order valence-corrected chi connectivity index (χ3v) is 4.10. The standard InChI is InChI=1S/C17H18O2/c1-11-2-3-14-8-12(4-6-16(11)14)13-5-7-17(19)15(9-13)10-18/h4-9,11,18-19H,2-3,10H2,1H3/t11-/m0/s1. The zero-order valence-corrected chi connectivity index (χ0v) is 11.1. The van der Waals surface area contributed by atoms with E-state index in [-0.39, 0.29) is 12.4 Å². The molecular formula is C17H18O2. The maximum absolute atomic E-state index is 9.61. The molecule has 0 amide bonds. The summed E-state index contributed by atoms with van der Waals surface area (Å²) in [5.41, 5.74) is 5.67. The van der Waals surface area contributed by atoms with E-state index < -0.39 is 0 Å². The SMILES string of the molecule is C[C@H]1CCc2cc(-c3ccc(O)c(CO)c3)ccc21. The van der Waals surface area contributed by atoms with Crippen molar-refractivity contribution in [3.8, 4) is 16.9 Å². The first-order chi connectivity index (χ1) is 9.19. The molecule has 0 heterocycles. The van der Waals surface area contributed by atoms with Crippen molar-refractivity contribution in [1.82, 2.24) is 0 Å². The molecule has 19 heavy (non-hydrogen) atoms. The van der Waals surface area contributed by atoms with Gasteiger partial charge in [0.05, 0.1) is 6.61 Å². The zero-order chi connectivity index (χ0) is 13.4. The highest BCUT2D eigenvalue weighted by Crippen LogP contribution is 2.35. The van der Waals surface area contributed by atoms with Gasteiger partial charge in [-0.1, -0.05) is 31.2 Å². The van der Waals surface area contributed by atoms with E-state index in [1.54, 1.807) is 6.07 Å². The summed E-state index contributed by atoms with van der Waals surface area (Å²) in [5.74, 6) is 0.818. The second kappa shape index (κ2) is 4.71. The van der Waals surface area contributed by atoms with E-state index in [0.29, 0.717) is 11.5 Å². The Kier molecular flexibility index (Phi) is 3.03. The van der Waals surface area contributed by atoms with Crippen LogP contribution >= 0.6 is 0 Å². The minimum atomic E-state index is -0.137. The molecule has 2 N–H and O–H groups in total. The Morgan fingerprint density at radius 2 is 1.84 bits per heavy atom. The lowest BCUT2D eigenvalue weighted by Gasteiger charge is -2.09. The average Bonchev–Trinajstić information content (AvgIpc) is 2.80. The van der Waals surface area contributed by atoms with Crippen molar-refractivity contribution in [2.75, 3.05) is 0 Å². The zero-order valence-electron chi connectivity index (χ0n) is 11.1. The Balaban J connectivity index is 2.03. The van der Waals surface area contributed by atoms with Crippen molar-refractivity contribution in [2.24, 2.45) is 0 Å². The van der Waals surface area contributed by atoms with Crippen molar-refractivity contribution in [3.05, 3.63) is 53.1 Å². The predicted octanol–water partition coefficient (Wildman–Crippen LogP) is 3.60. The van der Waals surface area contributed by atoms with Crippen molar-refractivity contribution < 1.29 is 10.2 Å². The molecule has 0 aromatic heterocycles. The second-order valence-corrected chi connectivity index (χ2v) is 5.35. The highest BCUT2D eigenvalue weighted by Gasteiger charge is 2.18. The number of aryl methyl sites for hydroxylation is 1. The third-order valence-electron chi connectivity index (χ3n) is 4.10. The third kappa shape index (κ3) is 2.13. The quantitative estimate of drug-likeness (QED) is 0.859. The molecule has 0 bridgehead atoms. The van der Waals surface area contributed by atoms with Crippen LogP contribution in [0, 0.1) is 0 Å². The molecule has 3 rings (SSSR count). The van der Waals surface area contributed by atoms with Crippen LogP contribution in [0.3, 0.4) is 0 Å². The first-order valence-electron chi connectivity index (χ1n) is 6.75. The van der Waals surface area contributed by atoms with Crippen molar-refractivity contribution in [3.63, 3.8) is 0 Å². The molecule has 2 aromatic carbocycles. The van der Waals surface area contributed by atoms with E-state index in [1.807, 2.05) is 12.1 Å². The highest BCUT2D eigenvalue weighted by molar-refractivity contribution is 5.67. The van der Waals surface area contributed by atoms with Gasteiger partial charge >= 0.3 is 0 Å². The topological polar surface area (TPSA) is 40.5 Å². The van der Waals surface area contributed by atoms with Crippen molar-refractivity contribution in [1.29, 1.82) is 0 Å². The maximum atomic E-state index is 9.61. The fourth-order valence-electron chi connectivity index (χ4n) is 2.90. The van der Waals surface area contributed by atoms with E-state index in [1.165, 1.54) is 17.5 Å². The lowest BCUT2D eigenvalue weighted by atomic mass is 9.97. The number of hydrogen-bond acceptors (Lipinski definition) is 2. The molecule has 1 aliphatic rings. The summed E-state index contributed by atoms with van der Waals surface area (Å²) in [5, 5.41) is 18.8. The highest BCUT2D eigenvalue weighted by atomic mass is 16.3. The Bertz CT molecular complexity index is 617. The van der Waals surface area contributed by atoms with Crippen LogP contribution < -0.4 is 0 Å². The maximum Gasteiger partial charge on any atom is 0.121 e. The van der Waals surface area contributed by atoms with Crippen LogP contribution in [0.4, 0.5) is 0 Å². The molecule has 0 aliphatic heterocycles. The number of aromatic hydroxyl groups is 1. The number of fused-ring (bicyclic) bond motifs is 1. The molecule has 0 radical (unpaired) electrons. The Labute approximate surface area is 113 Å². The van der Waals surface area contributed by atoms with E-state index in [2.05, 4.69) is 25.1 Å². The van der Waals surface area contributed by atoms with Crippen molar-refractivity contribution >= 4 is 0 Å². The second-order valence-electron chi connectivity index (χ2n) is 5.35. The van der Waals surface area contributed by atoms with Gasteiger partial charge in [0, 0.05) is 5.56 Å². The molecule has 0 unspecified atom stereocenters. The number of hydrogen-bond donors (Lipinski definition) is 2. The Morgan fingerprint density at radius 1 is 1.11 bits per heavy atom. The van der Waals surface area contributed by atoms with E-state index >= 15 is 0 Å². The van der Waals surface area contributed by atoms with Crippen LogP contribution in [-0.4, -0.2) is 10.2 Å². The normalized spacial score (nSPS) is 17.5. The first-order valence-corrected chi connectivity index (χ1v) is 6.75. The van der Waals surface area contributed by atoms with Crippen LogP contribution in [-0.2, 0) is 13.0 Å². The molecule has 2 nitrogen and oxygen atoms in total. The average molecular weight is 254 g/mol. The predicted molar refractivity (Wildman–Crippen MR) is 76.2 cm³/mol. The van der Waals surface area contributed by atoms with Crippen molar-refractivity contribution in [2.45, 2.75) is 32.3 Å². The Hall–Kier alpha value is -1.80. The van der Waals surface area contributed by atoms with Gasteiger partial charge in [-0.3, -0.25) is 0 Å². The van der Waals surface area contributed by atoms with Gasteiger partial charge < -0.3 is 10.2 Å². The first kappa shape index (κ1) is 12.2. The number of aliphatic hydroxyl groups excluding tert-OH is 1. The summed E-state index contributed by atoms with van der Waals surface area (Å²) in [4.78, 5) is 0. The number of rotatable bonds is 2. The van der Waals surface area contributed by atoms with E-state index in [4.69, 9.17) is 0 Å². The minimum Gasteiger partial charge on any atom is -0.508 e. The van der Waals surface area contributed by atoms with E-state index in [0.717, 1.165) is 17.5 Å². The van der Waals surface area contributed by atoms with E-state index in [9.17, 15) is 10.2 Å². The molecule has 2 aromatic rings. The summed E-state index contributed by atoms with van der Waals surface area (Å²) in [6.45, 7) is 2.14. The summed E-state index contributed by atoms with van der Waals surface area (Å²) < 4.78 is 0. The van der Waals surface area contributed by atoms with Gasteiger partial charge in [0.2, 0.25) is 0 Å². The molecule has 1 atom stereocenters. The monoisotopic (exact) mass is 254 g/mol. The van der Waals surface area contributed by atoms with Crippen LogP contribution in [0.25, 0.3) is 11.1 Å². The lowest BCUT2D eigenvalue weighted by molar-refractivity contribution is 0.275. The van der Waals surface area contributed by atoms with Gasteiger partial charge in [0.1, 0.15) is 5.75 Å². The van der Waals surface area contributed by atoms with Crippen LogP contribution in [0.2, 0.25) is 0 Å². The van der Waals surface area contributed by atoms with Crippen LogP contribution in [0.15, 0.2) is 36.4 Å². The van der Waals surface area contributed by atoms with Gasteiger partial charge in [0.15, 0.2) is 0 Å².